The van der Waals surface area contributed by atoms with Crippen LogP contribution in [0.4, 0.5) is 0 Å². The number of amides is 2. The second-order valence-corrected chi connectivity index (χ2v) is 7.82. The Kier molecular flexibility index (Phi) is 5.57. The predicted molar refractivity (Wildman–Crippen MR) is 85.9 cm³/mol. The van der Waals surface area contributed by atoms with Crippen LogP contribution in [0.15, 0.2) is 15.9 Å². The van der Waals surface area contributed by atoms with Crippen LogP contribution < -0.4 is 10.6 Å². The molecule has 0 aliphatic heterocycles. The Balaban J connectivity index is 1.82. The first-order valence-corrected chi connectivity index (χ1v) is 8.57. The van der Waals surface area contributed by atoms with Crippen LogP contribution in [0.25, 0.3) is 0 Å². The van der Waals surface area contributed by atoms with Gasteiger partial charge in [-0.2, -0.15) is 0 Å². The number of carboxylic acids is 1. The van der Waals surface area contributed by atoms with Gasteiger partial charge in [0, 0.05) is 6.04 Å². The normalized spacial score (nSPS) is 22.1. The van der Waals surface area contributed by atoms with Crippen molar-refractivity contribution in [1.82, 2.24) is 10.6 Å². The van der Waals surface area contributed by atoms with E-state index in [1.807, 2.05) is 0 Å². The summed E-state index contributed by atoms with van der Waals surface area (Å²) < 4.78 is 0.848. The fourth-order valence-corrected chi connectivity index (χ4v) is 3.72. The van der Waals surface area contributed by atoms with Gasteiger partial charge in [0.1, 0.15) is 6.04 Å². The zero-order valence-corrected chi connectivity index (χ0v) is 14.4. The number of rotatable bonds is 5. The van der Waals surface area contributed by atoms with Crippen LogP contribution in [0.2, 0.25) is 0 Å². The number of hydrogen-bond acceptors (Lipinski definition) is 4. The van der Waals surface area contributed by atoms with Crippen molar-refractivity contribution in [3.8, 4) is 0 Å². The average molecular weight is 389 g/mol. The molecule has 22 heavy (non-hydrogen) atoms. The van der Waals surface area contributed by atoms with Crippen LogP contribution in [0.3, 0.4) is 0 Å². The Bertz CT molecular complexity index is 589. The van der Waals surface area contributed by atoms with Crippen LogP contribution in [-0.4, -0.2) is 35.0 Å². The molecule has 1 unspecified atom stereocenters. The summed E-state index contributed by atoms with van der Waals surface area (Å²) in [5, 5.41) is 14.4. The predicted octanol–water partition coefficient (Wildman–Crippen LogP) is 2.00. The van der Waals surface area contributed by atoms with Crippen molar-refractivity contribution in [3.63, 3.8) is 0 Å². The van der Waals surface area contributed by atoms with Crippen molar-refractivity contribution in [1.29, 1.82) is 0 Å². The number of thiophene rings is 1. The maximum absolute atomic E-state index is 12.1. The van der Waals surface area contributed by atoms with Gasteiger partial charge in [-0.3, -0.25) is 14.4 Å². The quantitative estimate of drug-likeness (QED) is 0.718. The van der Waals surface area contributed by atoms with Crippen LogP contribution in [0.1, 0.15) is 35.9 Å². The Labute approximate surface area is 140 Å². The lowest BCUT2D eigenvalue weighted by Crippen LogP contribution is -2.47. The molecule has 2 rings (SSSR count). The van der Waals surface area contributed by atoms with Crippen LogP contribution >= 0.6 is 27.3 Å². The summed E-state index contributed by atoms with van der Waals surface area (Å²) in [5.74, 6) is -1.80. The number of aliphatic carboxylic acids is 1. The number of carboxylic acid groups (broad SMARTS) is 1. The third-order valence-electron chi connectivity index (χ3n) is 3.67. The molecule has 0 aromatic carbocycles. The zero-order valence-electron chi connectivity index (χ0n) is 12.0. The molecule has 1 fully saturated rings. The van der Waals surface area contributed by atoms with Gasteiger partial charge in [0.2, 0.25) is 5.91 Å². The highest BCUT2D eigenvalue weighted by atomic mass is 79.9. The first-order chi connectivity index (χ1) is 10.4. The molecule has 3 N–H and O–H groups in total. The smallest absolute Gasteiger partial charge is 0.306 e. The van der Waals surface area contributed by atoms with E-state index in [0.717, 1.165) is 3.79 Å². The minimum atomic E-state index is -0.818. The summed E-state index contributed by atoms with van der Waals surface area (Å²) in [6.07, 6.45) is 1.67. The molecule has 1 aromatic rings. The van der Waals surface area contributed by atoms with Crippen LogP contribution in [0, 0.1) is 5.92 Å². The second-order valence-electron chi connectivity index (χ2n) is 5.35. The standard InChI is InChI=1S/C14H17BrN2O4S/c1-7(16-13(19)10-4-5-11(15)22-10)12(18)17-9-3-2-8(6-9)14(20)21/h4-5,7-9H,2-3,6H2,1H3,(H,16,19)(H,17,18)(H,20,21)/t7?,8-,9+/m1/s1. The summed E-state index contributed by atoms with van der Waals surface area (Å²) >= 11 is 4.58. The molecule has 1 aliphatic carbocycles. The molecule has 2 amide bonds. The third-order valence-corrected chi connectivity index (χ3v) is 5.29. The molecule has 1 saturated carbocycles. The molecular formula is C14H17BrN2O4S. The molecule has 1 heterocycles. The Morgan fingerprint density at radius 1 is 1.36 bits per heavy atom. The van der Waals surface area contributed by atoms with E-state index in [1.165, 1.54) is 11.3 Å². The molecule has 0 saturated heterocycles. The number of carbonyl (C=O) groups is 3. The van der Waals surface area contributed by atoms with Crippen molar-refractivity contribution in [3.05, 3.63) is 20.8 Å². The van der Waals surface area contributed by atoms with E-state index in [0.29, 0.717) is 24.1 Å². The highest BCUT2D eigenvalue weighted by Gasteiger charge is 2.31. The van der Waals surface area contributed by atoms with Crippen LogP contribution in [-0.2, 0) is 9.59 Å². The maximum atomic E-state index is 12.1. The molecule has 1 aromatic heterocycles. The van der Waals surface area contributed by atoms with Crippen molar-refractivity contribution in [2.45, 2.75) is 38.3 Å². The first-order valence-electron chi connectivity index (χ1n) is 6.96. The molecule has 1 aliphatic rings. The van der Waals surface area contributed by atoms with Gasteiger partial charge in [-0.05, 0) is 54.2 Å². The highest BCUT2D eigenvalue weighted by molar-refractivity contribution is 9.11. The van der Waals surface area contributed by atoms with Crippen molar-refractivity contribution in [2.24, 2.45) is 5.92 Å². The third kappa shape index (κ3) is 4.30. The molecule has 0 spiro atoms. The lowest BCUT2D eigenvalue weighted by molar-refractivity contribution is -0.141. The summed E-state index contributed by atoms with van der Waals surface area (Å²) in [6, 6.07) is 2.65. The number of hydrogen-bond donors (Lipinski definition) is 3. The van der Waals surface area contributed by atoms with Gasteiger partial charge in [0.25, 0.3) is 5.91 Å². The Morgan fingerprint density at radius 2 is 2.09 bits per heavy atom. The number of nitrogens with one attached hydrogen (secondary N) is 2. The molecule has 3 atom stereocenters. The first kappa shape index (κ1) is 17.0. The van der Waals surface area contributed by atoms with Gasteiger partial charge in [-0.25, -0.2) is 0 Å². The van der Waals surface area contributed by atoms with Gasteiger partial charge < -0.3 is 15.7 Å². The minimum Gasteiger partial charge on any atom is -0.481 e. The van der Waals surface area contributed by atoms with Gasteiger partial charge in [0.05, 0.1) is 14.6 Å². The van der Waals surface area contributed by atoms with E-state index in [-0.39, 0.29) is 17.9 Å². The number of carbonyl (C=O) groups excluding carboxylic acids is 2. The minimum absolute atomic E-state index is 0.135. The van der Waals surface area contributed by atoms with E-state index in [4.69, 9.17) is 5.11 Å². The van der Waals surface area contributed by atoms with Crippen molar-refractivity contribution in [2.75, 3.05) is 0 Å². The van der Waals surface area contributed by atoms with Gasteiger partial charge in [-0.15, -0.1) is 11.3 Å². The van der Waals surface area contributed by atoms with E-state index in [2.05, 4.69) is 26.6 Å². The van der Waals surface area contributed by atoms with Gasteiger partial charge >= 0.3 is 5.97 Å². The fraction of sp³-hybridized carbons (Fsp3) is 0.500. The molecular weight excluding hydrogens is 372 g/mol. The Hall–Kier alpha value is -1.41. The second kappa shape index (κ2) is 7.23. The summed E-state index contributed by atoms with van der Waals surface area (Å²) in [5.41, 5.74) is 0. The van der Waals surface area contributed by atoms with E-state index < -0.39 is 17.9 Å². The summed E-state index contributed by atoms with van der Waals surface area (Å²) in [7, 11) is 0. The fourth-order valence-electron chi connectivity index (χ4n) is 2.43. The van der Waals surface area contributed by atoms with E-state index >= 15 is 0 Å². The lowest BCUT2D eigenvalue weighted by atomic mass is 10.1. The van der Waals surface area contributed by atoms with Crippen molar-refractivity contribution >= 4 is 45.1 Å². The molecule has 0 bridgehead atoms. The largest absolute Gasteiger partial charge is 0.481 e. The molecule has 6 nitrogen and oxygen atoms in total. The SMILES string of the molecule is CC(NC(=O)c1ccc(Br)s1)C(=O)N[C@H]1CC[C@@H](C(=O)O)C1. The molecule has 0 radical (unpaired) electrons. The number of halogens is 1. The van der Waals surface area contributed by atoms with Gasteiger partial charge in [0.15, 0.2) is 0 Å². The van der Waals surface area contributed by atoms with E-state index in [1.54, 1.807) is 19.1 Å². The topological polar surface area (TPSA) is 95.5 Å². The maximum Gasteiger partial charge on any atom is 0.306 e. The van der Waals surface area contributed by atoms with Crippen molar-refractivity contribution < 1.29 is 19.5 Å². The summed E-state index contributed by atoms with van der Waals surface area (Å²) in [4.78, 5) is 35.5. The Morgan fingerprint density at radius 3 is 2.64 bits per heavy atom. The van der Waals surface area contributed by atoms with E-state index in [9.17, 15) is 14.4 Å². The van der Waals surface area contributed by atoms with Crippen LogP contribution in [0.5, 0.6) is 0 Å². The zero-order chi connectivity index (χ0) is 16.3. The molecule has 120 valence electrons. The van der Waals surface area contributed by atoms with Gasteiger partial charge in [-0.1, -0.05) is 0 Å². The average Bonchev–Trinajstić information content (AvgIpc) is 3.07. The molecule has 8 heteroatoms. The lowest BCUT2D eigenvalue weighted by Gasteiger charge is -2.17. The highest BCUT2D eigenvalue weighted by Crippen LogP contribution is 2.25. The monoisotopic (exact) mass is 388 g/mol. The summed E-state index contributed by atoms with van der Waals surface area (Å²) in [6.45, 7) is 1.61.